The third kappa shape index (κ3) is 5.49. The number of benzene rings is 2. The number of hydrogen-bond donors (Lipinski definition) is 8. The molecule has 0 bridgehead atoms. The van der Waals surface area contributed by atoms with E-state index in [1.807, 2.05) is 0 Å². The van der Waals surface area contributed by atoms with Crippen LogP contribution in [-0.4, -0.2) is 109 Å². The molecule has 2 aliphatic rings. The molecular weight excluding hydrogens is 548 g/mol. The maximum absolute atomic E-state index is 12.8. The van der Waals surface area contributed by atoms with Crippen LogP contribution >= 0.6 is 0 Å². The SMILES string of the molecule is C[C@@H]1O[C@@H](OC[C@H]2O[C@@H](Oc3cc(O)c4c(=O)c(O)c(-c5ccccc5)oc4c3)[C@H](O)[C@@H](O)[C@@H]2O)[C@H](O)[C@H](O)[C@H]1O. The molecule has 14 nitrogen and oxygen atoms in total. The second-order valence-corrected chi connectivity index (χ2v) is 9.94. The quantitative estimate of drug-likeness (QED) is 0.174. The van der Waals surface area contributed by atoms with Crippen molar-refractivity contribution in [3.8, 4) is 28.6 Å². The van der Waals surface area contributed by atoms with Gasteiger partial charge in [0.1, 0.15) is 65.2 Å². The number of ether oxygens (including phenoxy) is 4. The Balaban J connectivity index is 1.37. The van der Waals surface area contributed by atoms with Crippen LogP contribution in [0.2, 0.25) is 0 Å². The molecule has 2 aliphatic heterocycles. The van der Waals surface area contributed by atoms with Gasteiger partial charge in [-0.25, -0.2) is 0 Å². The molecule has 2 aromatic carbocycles. The Bertz CT molecular complexity index is 1430. The first-order valence-corrected chi connectivity index (χ1v) is 12.7. The Labute approximate surface area is 231 Å². The van der Waals surface area contributed by atoms with Crippen molar-refractivity contribution in [2.75, 3.05) is 6.61 Å². The molecule has 1 aromatic heterocycles. The second-order valence-electron chi connectivity index (χ2n) is 9.94. The fraction of sp³-hybridized carbons (Fsp3) is 0.444. The molecule has 2 fully saturated rings. The molecule has 2 saturated heterocycles. The van der Waals surface area contributed by atoms with Crippen LogP contribution in [0.25, 0.3) is 22.3 Å². The van der Waals surface area contributed by atoms with Gasteiger partial charge in [0.2, 0.25) is 17.5 Å². The molecule has 14 heteroatoms. The summed E-state index contributed by atoms with van der Waals surface area (Å²) >= 11 is 0. The molecule has 0 spiro atoms. The molecule has 0 saturated carbocycles. The lowest BCUT2D eigenvalue weighted by atomic mass is 9.98. The van der Waals surface area contributed by atoms with E-state index in [4.69, 9.17) is 23.4 Å². The van der Waals surface area contributed by atoms with Crippen molar-refractivity contribution in [1.82, 2.24) is 0 Å². The van der Waals surface area contributed by atoms with Gasteiger partial charge in [-0.15, -0.1) is 0 Å². The average Bonchev–Trinajstić information content (AvgIpc) is 2.96. The summed E-state index contributed by atoms with van der Waals surface area (Å²) in [5.41, 5.74) is -0.659. The molecule has 8 N–H and O–H groups in total. The third-order valence-corrected chi connectivity index (χ3v) is 7.11. The largest absolute Gasteiger partial charge is 0.507 e. The summed E-state index contributed by atoms with van der Waals surface area (Å²) in [6, 6.07) is 10.5. The van der Waals surface area contributed by atoms with Crippen LogP contribution < -0.4 is 10.2 Å². The Kier molecular flexibility index (Phi) is 8.20. The van der Waals surface area contributed by atoms with Crippen LogP contribution in [0.15, 0.2) is 51.7 Å². The molecule has 0 aliphatic carbocycles. The van der Waals surface area contributed by atoms with Crippen LogP contribution in [0.5, 0.6) is 17.2 Å². The Morgan fingerprint density at radius 1 is 0.805 bits per heavy atom. The average molecular weight is 579 g/mol. The number of aromatic hydroxyl groups is 2. The van der Waals surface area contributed by atoms with Crippen LogP contribution in [0.3, 0.4) is 0 Å². The van der Waals surface area contributed by atoms with Gasteiger partial charge in [0, 0.05) is 17.7 Å². The highest BCUT2D eigenvalue weighted by molar-refractivity contribution is 5.88. The summed E-state index contributed by atoms with van der Waals surface area (Å²) in [6.07, 6.45) is -15.0. The summed E-state index contributed by atoms with van der Waals surface area (Å²) in [6.45, 7) is 0.955. The Morgan fingerprint density at radius 2 is 1.46 bits per heavy atom. The summed E-state index contributed by atoms with van der Waals surface area (Å²) in [5.74, 6) is -1.62. The van der Waals surface area contributed by atoms with E-state index < -0.39 is 84.9 Å². The highest BCUT2D eigenvalue weighted by Gasteiger charge is 2.47. The Morgan fingerprint density at radius 3 is 2.17 bits per heavy atom. The van der Waals surface area contributed by atoms with E-state index in [1.54, 1.807) is 30.3 Å². The first-order valence-electron chi connectivity index (χ1n) is 12.7. The van der Waals surface area contributed by atoms with Gasteiger partial charge in [-0.2, -0.15) is 0 Å². The second kappa shape index (κ2) is 11.5. The van der Waals surface area contributed by atoms with Crippen molar-refractivity contribution in [3.05, 3.63) is 52.7 Å². The van der Waals surface area contributed by atoms with Crippen molar-refractivity contribution >= 4 is 11.0 Å². The van der Waals surface area contributed by atoms with Crippen molar-refractivity contribution in [1.29, 1.82) is 0 Å². The van der Waals surface area contributed by atoms with Gasteiger partial charge in [0.05, 0.1) is 12.7 Å². The molecule has 0 radical (unpaired) electrons. The number of aliphatic hydroxyl groups is 6. The molecule has 222 valence electrons. The van der Waals surface area contributed by atoms with Gasteiger partial charge in [-0.3, -0.25) is 4.79 Å². The predicted molar refractivity (Wildman–Crippen MR) is 137 cm³/mol. The van der Waals surface area contributed by atoms with Crippen LogP contribution in [0.4, 0.5) is 0 Å². The standard InChI is InChI=1S/C27H30O14/c1-10-17(29)20(32)23(35)26(38-10)37-9-15-18(30)21(33)24(36)27(41-15)39-12-7-13(28)16-14(8-12)40-25(22(34)19(16)31)11-5-3-2-4-6-11/h2-8,10,15,17-18,20-21,23-24,26-30,32-36H,9H2,1H3/t10-,15+,17-,18+,20+,21-,23+,24+,26+,27+/m0/s1. The maximum atomic E-state index is 12.8. The first kappa shape index (κ1) is 29.2. The number of phenolic OH excluding ortho intramolecular Hbond substituents is 1. The van der Waals surface area contributed by atoms with E-state index in [1.165, 1.54) is 13.0 Å². The monoisotopic (exact) mass is 578 g/mol. The first-order chi connectivity index (χ1) is 19.5. The zero-order chi connectivity index (χ0) is 29.6. The van der Waals surface area contributed by atoms with Gasteiger partial charge in [0.15, 0.2) is 12.1 Å². The lowest BCUT2D eigenvalue weighted by Gasteiger charge is -2.42. The van der Waals surface area contributed by atoms with Gasteiger partial charge < -0.3 is 64.2 Å². The molecular formula is C27H30O14. The lowest BCUT2D eigenvalue weighted by Crippen LogP contribution is -2.61. The van der Waals surface area contributed by atoms with Gasteiger partial charge in [-0.05, 0) is 6.92 Å². The zero-order valence-electron chi connectivity index (χ0n) is 21.5. The number of phenols is 1. The van der Waals surface area contributed by atoms with E-state index in [2.05, 4.69) is 0 Å². The number of hydrogen-bond acceptors (Lipinski definition) is 14. The number of rotatable bonds is 6. The summed E-state index contributed by atoms with van der Waals surface area (Å²) < 4.78 is 27.8. The summed E-state index contributed by atoms with van der Waals surface area (Å²) in [4.78, 5) is 12.8. The van der Waals surface area contributed by atoms with Gasteiger partial charge >= 0.3 is 0 Å². The van der Waals surface area contributed by atoms with Gasteiger partial charge in [0.25, 0.3) is 0 Å². The van der Waals surface area contributed by atoms with Crippen molar-refractivity contribution in [2.45, 2.75) is 68.3 Å². The molecule has 3 heterocycles. The lowest BCUT2D eigenvalue weighted by molar-refractivity contribution is -0.318. The fourth-order valence-electron chi connectivity index (χ4n) is 4.74. The molecule has 10 atom stereocenters. The Hall–Kier alpha value is -3.31. The van der Waals surface area contributed by atoms with Crippen LogP contribution in [0, 0.1) is 0 Å². The highest BCUT2D eigenvalue weighted by Crippen LogP contribution is 2.36. The number of aliphatic hydroxyl groups excluding tert-OH is 6. The summed E-state index contributed by atoms with van der Waals surface area (Å²) in [7, 11) is 0. The van der Waals surface area contributed by atoms with E-state index in [0.717, 1.165) is 6.07 Å². The van der Waals surface area contributed by atoms with Gasteiger partial charge in [-0.1, -0.05) is 30.3 Å². The molecule has 0 amide bonds. The molecule has 41 heavy (non-hydrogen) atoms. The topological polar surface area (TPSA) is 229 Å². The van der Waals surface area contributed by atoms with Crippen LogP contribution in [0.1, 0.15) is 6.92 Å². The van der Waals surface area contributed by atoms with Crippen molar-refractivity contribution in [2.24, 2.45) is 0 Å². The van der Waals surface area contributed by atoms with E-state index >= 15 is 0 Å². The highest BCUT2D eigenvalue weighted by atomic mass is 16.7. The fourth-order valence-corrected chi connectivity index (χ4v) is 4.74. The maximum Gasteiger partial charge on any atom is 0.238 e. The van der Waals surface area contributed by atoms with Crippen LogP contribution in [-0.2, 0) is 14.2 Å². The minimum absolute atomic E-state index is 0.150. The third-order valence-electron chi connectivity index (χ3n) is 7.11. The molecule has 5 rings (SSSR count). The molecule has 3 aromatic rings. The van der Waals surface area contributed by atoms with E-state index in [-0.39, 0.29) is 22.5 Å². The smallest absolute Gasteiger partial charge is 0.238 e. The number of fused-ring (bicyclic) bond motifs is 1. The zero-order valence-corrected chi connectivity index (χ0v) is 21.5. The minimum atomic E-state index is -1.78. The minimum Gasteiger partial charge on any atom is -0.507 e. The van der Waals surface area contributed by atoms with Crippen molar-refractivity contribution < 1.29 is 64.2 Å². The van der Waals surface area contributed by atoms with E-state index in [9.17, 15) is 45.6 Å². The summed E-state index contributed by atoms with van der Waals surface area (Å²) in [5, 5.41) is 81.9. The van der Waals surface area contributed by atoms with Crippen molar-refractivity contribution in [3.63, 3.8) is 0 Å². The normalized spacial score (nSPS) is 34.0. The predicted octanol–water partition coefficient (Wildman–Crippen LogP) is -1.10. The molecule has 0 unspecified atom stereocenters. The van der Waals surface area contributed by atoms with E-state index in [0.29, 0.717) is 5.56 Å².